The molecule has 10 heteroatoms. The summed E-state index contributed by atoms with van der Waals surface area (Å²) in [7, 11) is 0. The fraction of sp³-hybridized carbons (Fsp3) is 0.542. The third-order valence-electron chi connectivity index (χ3n) is 6.68. The molecule has 3 aromatic rings. The molecule has 1 aromatic carbocycles. The van der Waals surface area contributed by atoms with Gasteiger partial charge in [-0.3, -0.25) is 4.57 Å². The molecule has 1 atom stereocenters. The minimum atomic E-state index is -2.79. The molecule has 0 bridgehead atoms. The van der Waals surface area contributed by atoms with Gasteiger partial charge in [-0.2, -0.15) is 9.97 Å². The highest BCUT2D eigenvalue weighted by molar-refractivity contribution is 5.78. The van der Waals surface area contributed by atoms with Crippen LogP contribution >= 0.6 is 0 Å². The number of hydrogen-bond donors (Lipinski definition) is 1. The predicted octanol–water partition coefficient (Wildman–Crippen LogP) is 4.92. The number of hydrogen-bond acceptors (Lipinski definition) is 6. The molecule has 1 saturated heterocycles. The number of halogens is 3. The van der Waals surface area contributed by atoms with Gasteiger partial charge in [-0.1, -0.05) is 31.4 Å². The van der Waals surface area contributed by atoms with Gasteiger partial charge in [0.15, 0.2) is 5.82 Å². The zero-order chi connectivity index (χ0) is 23.5. The van der Waals surface area contributed by atoms with Crippen LogP contribution in [-0.4, -0.2) is 58.5 Å². The minimum Gasteiger partial charge on any atom is -0.377 e. The summed E-state index contributed by atoms with van der Waals surface area (Å²) in [5.41, 5.74) is 0.993. The molecule has 2 aromatic heterocycles. The molecule has 3 heterocycles. The number of nitrogens with one attached hydrogen (secondary N) is 1. The maximum atomic E-state index is 14.0. The van der Waals surface area contributed by atoms with Gasteiger partial charge >= 0.3 is 0 Å². The molecule has 1 saturated carbocycles. The molecule has 182 valence electrons. The van der Waals surface area contributed by atoms with Crippen molar-refractivity contribution in [1.29, 1.82) is 0 Å². The van der Waals surface area contributed by atoms with Crippen LogP contribution in [0.4, 0.5) is 24.9 Å². The van der Waals surface area contributed by atoms with E-state index in [1.807, 2.05) is 4.90 Å². The van der Waals surface area contributed by atoms with E-state index in [9.17, 15) is 13.2 Å². The number of nitrogens with zero attached hydrogens (tertiary/aromatic N) is 5. The Bertz CT molecular complexity index is 1120. The van der Waals surface area contributed by atoms with Gasteiger partial charge in [0.25, 0.3) is 6.43 Å². The molecule has 2 aliphatic rings. The van der Waals surface area contributed by atoms with Crippen LogP contribution in [0.25, 0.3) is 16.9 Å². The third-order valence-corrected chi connectivity index (χ3v) is 6.68. The van der Waals surface area contributed by atoms with Crippen LogP contribution in [0.3, 0.4) is 0 Å². The van der Waals surface area contributed by atoms with Crippen molar-refractivity contribution >= 4 is 22.8 Å². The van der Waals surface area contributed by atoms with Gasteiger partial charge in [0.1, 0.15) is 18.3 Å². The highest BCUT2D eigenvalue weighted by Gasteiger charge is 2.27. The maximum Gasteiger partial charge on any atom is 0.296 e. The lowest BCUT2D eigenvalue weighted by atomic mass is 9.89. The van der Waals surface area contributed by atoms with E-state index < -0.39 is 19.1 Å². The van der Waals surface area contributed by atoms with Crippen LogP contribution in [0.5, 0.6) is 0 Å². The Balaban J connectivity index is 1.57. The molecule has 0 spiro atoms. The number of benzene rings is 1. The zero-order valence-corrected chi connectivity index (χ0v) is 19.0. The number of rotatable bonds is 7. The van der Waals surface area contributed by atoms with Crippen molar-refractivity contribution in [2.45, 2.75) is 44.6 Å². The molecule has 0 radical (unpaired) electrons. The molecular weight excluding hydrogens is 445 g/mol. The molecule has 1 aliphatic heterocycles. The first-order valence-corrected chi connectivity index (χ1v) is 11.9. The summed E-state index contributed by atoms with van der Waals surface area (Å²) in [6.07, 6.45) is 3.19. The summed E-state index contributed by atoms with van der Waals surface area (Å²) in [6.45, 7) is 1.26. The van der Waals surface area contributed by atoms with E-state index in [0.717, 1.165) is 12.8 Å². The Labute approximate surface area is 196 Å². The summed E-state index contributed by atoms with van der Waals surface area (Å²) < 4.78 is 48.6. The molecule has 34 heavy (non-hydrogen) atoms. The second-order valence-electron chi connectivity index (χ2n) is 8.96. The standard InChI is InChI=1S/C24H29F3N6O/c25-13-17-15-34-11-10-32(17)20-12-21(31-24(30-20)28-14-16-6-2-1-3-7-16)33-19-9-5-4-8-18(19)29-23(33)22(26)27/h4-5,8-9,12,16-17,22H,1-3,6-7,10-11,13-15H2,(H,28,30,31). The number of alkyl halides is 3. The second-order valence-corrected chi connectivity index (χ2v) is 8.96. The summed E-state index contributed by atoms with van der Waals surface area (Å²) in [5, 5.41) is 3.33. The van der Waals surface area contributed by atoms with E-state index in [4.69, 9.17) is 4.74 Å². The highest BCUT2D eigenvalue weighted by Crippen LogP contribution is 2.30. The molecule has 0 amide bonds. The highest BCUT2D eigenvalue weighted by atomic mass is 19.3. The number of aromatic nitrogens is 4. The monoisotopic (exact) mass is 474 g/mol. The van der Waals surface area contributed by atoms with E-state index >= 15 is 0 Å². The Hall–Kier alpha value is -2.88. The van der Waals surface area contributed by atoms with Crippen molar-refractivity contribution in [2.24, 2.45) is 5.92 Å². The van der Waals surface area contributed by atoms with Crippen molar-refractivity contribution in [2.75, 3.05) is 43.2 Å². The van der Waals surface area contributed by atoms with Crippen LogP contribution in [0.15, 0.2) is 30.3 Å². The Morgan fingerprint density at radius 1 is 1.06 bits per heavy atom. The molecule has 2 fully saturated rings. The molecule has 5 rings (SSSR count). The number of morpholine rings is 1. The Morgan fingerprint density at radius 2 is 1.85 bits per heavy atom. The second kappa shape index (κ2) is 10.2. The largest absolute Gasteiger partial charge is 0.377 e. The Kier molecular flexibility index (Phi) is 6.85. The molecular formula is C24H29F3N6O. The SMILES string of the molecule is FCC1COCCN1c1cc(-n2c(C(F)F)nc3ccccc32)nc(NCC2CCCCC2)n1. The maximum absolute atomic E-state index is 14.0. The van der Waals surface area contributed by atoms with Crippen molar-refractivity contribution in [3.05, 3.63) is 36.2 Å². The van der Waals surface area contributed by atoms with Gasteiger partial charge in [0.05, 0.1) is 30.3 Å². The number of anilines is 2. The number of ether oxygens (including phenoxy) is 1. The fourth-order valence-corrected chi connectivity index (χ4v) is 4.91. The first-order chi connectivity index (χ1) is 16.6. The van der Waals surface area contributed by atoms with Gasteiger partial charge in [-0.15, -0.1) is 0 Å². The van der Waals surface area contributed by atoms with Crippen molar-refractivity contribution < 1.29 is 17.9 Å². The number of para-hydroxylation sites is 2. The normalized spacial score (nSPS) is 19.8. The number of fused-ring (bicyclic) bond motifs is 1. The molecule has 7 nitrogen and oxygen atoms in total. The predicted molar refractivity (Wildman–Crippen MR) is 125 cm³/mol. The topological polar surface area (TPSA) is 68.1 Å². The van der Waals surface area contributed by atoms with Crippen LogP contribution in [0.1, 0.15) is 44.4 Å². The van der Waals surface area contributed by atoms with Gasteiger partial charge in [0.2, 0.25) is 5.95 Å². The lowest BCUT2D eigenvalue weighted by molar-refractivity contribution is 0.0855. The van der Waals surface area contributed by atoms with E-state index in [2.05, 4.69) is 20.3 Å². The lowest BCUT2D eigenvalue weighted by Crippen LogP contribution is -2.47. The smallest absolute Gasteiger partial charge is 0.296 e. The quantitative estimate of drug-likeness (QED) is 0.524. The van der Waals surface area contributed by atoms with Crippen LogP contribution in [0.2, 0.25) is 0 Å². The van der Waals surface area contributed by atoms with Crippen LogP contribution < -0.4 is 10.2 Å². The lowest BCUT2D eigenvalue weighted by Gasteiger charge is -2.35. The first-order valence-electron chi connectivity index (χ1n) is 11.9. The van der Waals surface area contributed by atoms with Gasteiger partial charge in [-0.25, -0.2) is 18.2 Å². The minimum absolute atomic E-state index is 0.247. The number of imidazole rings is 1. The first kappa shape index (κ1) is 22.9. The van der Waals surface area contributed by atoms with E-state index in [1.54, 1.807) is 30.3 Å². The van der Waals surface area contributed by atoms with Crippen molar-refractivity contribution in [3.8, 4) is 5.82 Å². The Morgan fingerprint density at radius 3 is 2.65 bits per heavy atom. The third kappa shape index (κ3) is 4.68. The molecule has 1 unspecified atom stereocenters. The average Bonchev–Trinajstić information content (AvgIpc) is 3.28. The molecule has 1 aliphatic carbocycles. The zero-order valence-electron chi connectivity index (χ0n) is 19.0. The van der Waals surface area contributed by atoms with Gasteiger partial charge < -0.3 is 15.0 Å². The van der Waals surface area contributed by atoms with Crippen LogP contribution in [0, 0.1) is 5.92 Å². The summed E-state index contributed by atoms with van der Waals surface area (Å²) in [5.74, 6) is 1.26. The van der Waals surface area contributed by atoms with E-state index in [-0.39, 0.29) is 18.2 Å². The van der Waals surface area contributed by atoms with Gasteiger partial charge in [0, 0.05) is 19.2 Å². The van der Waals surface area contributed by atoms with E-state index in [1.165, 1.54) is 23.8 Å². The van der Waals surface area contributed by atoms with Crippen LogP contribution in [-0.2, 0) is 4.74 Å². The summed E-state index contributed by atoms with van der Waals surface area (Å²) >= 11 is 0. The summed E-state index contributed by atoms with van der Waals surface area (Å²) in [4.78, 5) is 15.3. The van der Waals surface area contributed by atoms with Crippen molar-refractivity contribution in [1.82, 2.24) is 19.5 Å². The van der Waals surface area contributed by atoms with E-state index in [0.29, 0.717) is 48.4 Å². The summed E-state index contributed by atoms with van der Waals surface area (Å²) in [6, 6.07) is 8.13. The fourth-order valence-electron chi connectivity index (χ4n) is 4.91. The van der Waals surface area contributed by atoms with Gasteiger partial charge in [-0.05, 0) is 30.9 Å². The van der Waals surface area contributed by atoms with Crippen molar-refractivity contribution in [3.63, 3.8) is 0 Å². The average molecular weight is 475 g/mol. The molecule has 1 N–H and O–H groups in total.